The molecule has 13 rings (SSSR count). The molecule has 613 valence electrons. The fourth-order valence-electron chi connectivity index (χ4n) is 12.6. The number of methoxy groups -OCH3 is 4. The zero-order valence-electron chi connectivity index (χ0n) is 65.3. The summed E-state index contributed by atoms with van der Waals surface area (Å²) in [6, 6.07) is 47.3. The quantitative estimate of drug-likeness (QED) is 0.0530. The minimum absolute atomic E-state index is 0. The second-order valence-electron chi connectivity index (χ2n) is 25.8. The van der Waals surface area contributed by atoms with Gasteiger partial charge in [-0.3, -0.25) is 22.2 Å². The summed E-state index contributed by atoms with van der Waals surface area (Å²) in [5.74, 6) is 3.58. The average Bonchev–Trinajstić information content (AvgIpc) is 1.61. The number of thiophene rings is 2. The molecule has 0 bridgehead atoms. The Morgan fingerprint density at radius 1 is 0.439 bits per heavy atom. The van der Waals surface area contributed by atoms with Gasteiger partial charge in [-0.05, 0) is 240 Å². The van der Waals surface area contributed by atoms with Crippen LogP contribution in [0.1, 0.15) is 144 Å². The SMILES string of the molecule is BrB(Br)Br.BrB(Br)Br.COc1ccc(B(O)O)cc1.COc1ccc(N2CCCCCC2)cc1.COc1ccc2c(Cl)c(C(=O)c3c(C)cc(F)cc3C)sc2c1.COc1ccc2c(Oc3ccc(N4CCCCCC4)cc3)c(C(=O)c3c(C)cc(F)cc3C)sc2c1.C[C-]=O.C[C-]=O.Oc1ccc(N2CCCCCC2)cc1.[Cu+2]. The Kier molecular flexibility index (Phi) is 47.9. The van der Waals surface area contributed by atoms with Crippen LogP contribution >= 0.6 is 129 Å². The Labute approximate surface area is 744 Å². The fourth-order valence-corrected chi connectivity index (χ4v) is 15.2. The molecule has 5 heterocycles. The number of benzene rings is 8. The van der Waals surface area contributed by atoms with Crippen LogP contribution in [0.15, 0.2) is 158 Å². The molecule has 3 saturated heterocycles. The van der Waals surface area contributed by atoms with Crippen molar-refractivity contribution < 1.29 is 83.9 Å². The summed E-state index contributed by atoms with van der Waals surface area (Å²) in [5, 5.41) is 28.7. The molecule has 0 amide bonds. The van der Waals surface area contributed by atoms with E-state index in [2.05, 4.69) is 134 Å². The average molecular weight is 2050 g/mol. The maximum atomic E-state index is 13.9. The Hall–Kier alpha value is -5.78. The number of anilines is 3. The van der Waals surface area contributed by atoms with Gasteiger partial charge >= 0.3 is 30.6 Å². The van der Waals surface area contributed by atoms with Crippen molar-refractivity contribution in [3.8, 4) is 40.2 Å². The number of phenols is 1. The molecule has 3 fully saturated rings. The van der Waals surface area contributed by atoms with Crippen LogP contribution in [0.3, 0.4) is 0 Å². The zero-order valence-corrected chi connectivity index (χ0v) is 78.2. The number of ether oxygens (including phenoxy) is 5. The second kappa shape index (κ2) is 54.3. The smallest absolute Gasteiger partial charge is 0.542 e. The number of hydrogen-bond donors (Lipinski definition) is 3. The first-order chi connectivity index (χ1) is 54.1. The molecule has 3 aliphatic rings. The van der Waals surface area contributed by atoms with E-state index in [1.54, 1.807) is 92.5 Å². The summed E-state index contributed by atoms with van der Waals surface area (Å²) in [6.07, 6.45) is 18.7. The van der Waals surface area contributed by atoms with Gasteiger partial charge in [-0.25, -0.2) is 8.78 Å². The summed E-state index contributed by atoms with van der Waals surface area (Å²) < 4.78 is 56.8. The van der Waals surface area contributed by atoms with Crippen molar-refractivity contribution >= 4 is 209 Å². The van der Waals surface area contributed by atoms with E-state index >= 15 is 0 Å². The summed E-state index contributed by atoms with van der Waals surface area (Å²) in [5.41, 5.74) is 7.69. The summed E-state index contributed by atoms with van der Waals surface area (Å²) in [6.45, 7) is 16.5. The van der Waals surface area contributed by atoms with Crippen molar-refractivity contribution in [3.05, 3.63) is 218 Å². The number of nitrogens with zero attached hydrogens (tertiary/aromatic N) is 3. The molecule has 0 spiro atoms. The van der Waals surface area contributed by atoms with Crippen molar-refractivity contribution in [2.45, 2.75) is 119 Å². The molecule has 30 heteroatoms. The number of rotatable bonds is 14. The van der Waals surface area contributed by atoms with Crippen molar-refractivity contribution in [2.24, 2.45) is 0 Å². The number of aryl methyl sites for hydroxylation is 4. The van der Waals surface area contributed by atoms with E-state index in [-0.39, 0.29) is 46.6 Å². The molecule has 2 aromatic heterocycles. The normalized spacial score (nSPS) is 12.7. The van der Waals surface area contributed by atoms with Gasteiger partial charge < -0.3 is 63.1 Å². The first kappa shape index (κ1) is 101. The number of phenolic OH excluding ortho intramolecular Hbond substituents is 1. The third-order valence-electron chi connectivity index (χ3n) is 17.9. The molecular weight excluding hydrogens is 1960 g/mol. The van der Waals surface area contributed by atoms with Crippen LogP contribution < -0.4 is 43.8 Å². The molecule has 114 heavy (non-hydrogen) atoms. The number of aromatic hydroxyl groups is 1. The zero-order chi connectivity index (χ0) is 83.1. The van der Waals surface area contributed by atoms with E-state index in [1.807, 2.05) is 72.8 Å². The fraction of sp³-hybridized carbons (Fsp3) is 0.333. The van der Waals surface area contributed by atoms with E-state index in [4.69, 9.17) is 54.9 Å². The maximum Gasteiger partial charge on any atom is 2.00 e. The molecular formula is C84H95B3Br6ClCuF2N3O12S2. The van der Waals surface area contributed by atoms with Crippen LogP contribution in [0, 0.1) is 39.3 Å². The molecule has 0 atom stereocenters. The molecule has 3 aliphatic heterocycles. The standard InChI is InChI=1S/C30H30FNO3S.C18H14ClFO2S.C13H19NO.C12H17NO.C7H9BO3.2C2H3O.2BBr3.Cu/c1-19-16-21(31)17-20(2)27(19)28(33)30-29(25-13-12-24(34-3)18-26(25)36-30)35-23-10-8-22(9-11-23)32-14-6-4-5-7-15-32;1-9-6-11(20)7-10(2)15(9)17(21)18-16(19)13-5-4-12(22-3)8-14(13)23-18;1-15-13-8-6-12(7-9-13)14-10-4-2-3-5-11-14;14-12-7-5-11(6-8-12)13-9-3-1-2-4-10-13;1-11-7-4-2-6(3-5-7)8(9)10;2*1-2-3;2*2-1(3)4;/h8-13,16-18H,4-7,14-15H2,1-3H3;4-8H,1-3H3;6-9H,2-5,10-11H2,1H3;5-8,14H,1-4,9-10H2;2-5,9-10H,1H3;2*1H3;;;/q;;;;;2*-1;;;+2. The molecule has 15 nitrogen and oxygen atoms in total. The topological polar surface area (TPSA) is 185 Å². The third-order valence-corrected chi connectivity index (χ3v) is 20.6. The van der Waals surface area contributed by atoms with Gasteiger partial charge in [0.05, 0.1) is 38.3 Å². The monoisotopic (exact) mass is 2040 g/mol. The number of hydrogen-bond acceptors (Lipinski definition) is 17. The van der Waals surface area contributed by atoms with E-state index in [1.165, 1.54) is 181 Å². The first-order valence-electron chi connectivity index (χ1n) is 36.5. The van der Waals surface area contributed by atoms with Gasteiger partial charge in [0.1, 0.15) is 51.0 Å². The van der Waals surface area contributed by atoms with Gasteiger partial charge in [0.25, 0.3) is 0 Å². The molecule has 0 saturated carbocycles. The van der Waals surface area contributed by atoms with Crippen LogP contribution in [0.5, 0.6) is 40.2 Å². The number of carbonyl (C=O) groups excluding carboxylic acids is 4. The largest absolute Gasteiger partial charge is 2.00 e. The van der Waals surface area contributed by atoms with Crippen molar-refractivity contribution in [2.75, 3.05) is 82.4 Å². The van der Waals surface area contributed by atoms with Gasteiger partial charge in [-0.15, -0.1) is 117 Å². The van der Waals surface area contributed by atoms with Crippen LogP contribution in [-0.4, -0.2) is 120 Å². The van der Waals surface area contributed by atoms with E-state index in [9.17, 15) is 23.5 Å². The number of ketones is 2. The molecule has 1 radical (unpaired) electrons. The third kappa shape index (κ3) is 33.6. The van der Waals surface area contributed by atoms with Gasteiger partial charge in [0.2, 0.25) is 11.6 Å². The first-order valence-corrected chi connectivity index (χ1v) is 44.0. The van der Waals surface area contributed by atoms with Crippen LogP contribution in [0.2, 0.25) is 5.02 Å². The molecule has 0 aliphatic carbocycles. The minimum Gasteiger partial charge on any atom is -0.542 e. The Bertz CT molecular complexity index is 4480. The Balaban J connectivity index is 0.000000303. The van der Waals surface area contributed by atoms with Gasteiger partial charge in [0, 0.05) is 87.6 Å². The predicted molar refractivity (Wildman–Crippen MR) is 491 cm³/mol. The second-order valence-corrected chi connectivity index (χ2v) is 41.1. The van der Waals surface area contributed by atoms with Crippen molar-refractivity contribution in [1.29, 1.82) is 0 Å². The van der Waals surface area contributed by atoms with Crippen LogP contribution in [0.25, 0.3) is 20.2 Å². The Morgan fingerprint density at radius 3 is 1.05 bits per heavy atom. The van der Waals surface area contributed by atoms with Crippen molar-refractivity contribution in [3.63, 3.8) is 0 Å². The molecule has 8 aromatic carbocycles. The molecule has 0 unspecified atom stereocenters. The predicted octanol–water partition coefficient (Wildman–Crippen LogP) is 23.4. The van der Waals surface area contributed by atoms with Crippen LogP contribution in [0.4, 0.5) is 25.8 Å². The Morgan fingerprint density at radius 2 is 0.719 bits per heavy atom. The molecule has 3 N–H and O–H groups in total. The molecule has 10 aromatic rings. The van der Waals surface area contributed by atoms with Crippen LogP contribution in [-0.2, 0) is 26.7 Å². The van der Waals surface area contributed by atoms with E-state index in [0.717, 1.165) is 52.1 Å². The number of fused-ring (bicyclic) bond motifs is 2. The number of halogens is 9. The van der Waals surface area contributed by atoms with E-state index in [0.29, 0.717) is 88.1 Å². The van der Waals surface area contributed by atoms with Gasteiger partial charge in [-0.2, -0.15) is 13.8 Å². The summed E-state index contributed by atoms with van der Waals surface area (Å²) in [4.78, 5) is 52.4. The van der Waals surface area contributed by atoms with Gasteiger partial charge in [0.15, 0.2) is 5.75 Å². The van der Waals surface area contributed by atoms with Crippen molar-refractivity contribution in [1.82, 2.24) is 0 Å². The maximum absolute atomic E-state index is 13.9. The van der Waals surface area contributed by atoms with Gasteiger partial charge in [-0.1, -0.05) is 62.3 Å². The number of carbonyl (C=O) groups is 2. The summed E-state index contributed by atoms with van der Waals surface area (Å²) >= 11 is 27.7. The minimum atomic E-state index is -1.40. The van der Waals surface area contributed by atoms with E-state index < -0.39 is 7.12 Å². The summed E-state index contributed by atoms with van der Waals surface area (Å²) in [7, 11) is 5.08.